The quantitative estimate of drug-likeness (QED) is 0.198. The summed E-state index contributed by atoms with van der Waals surface area (Å²) in [6.07, 6.45) is 3.22. The van der Waals surface area contributed by atoms with Gasteiger partial charge in [-0.25, -0.2) is 4.79 Å². The second-order valence-electron chi connectivity index (χ2n) is 6.65. The van der Waals surface area contributed by atoms with Crippen LogP contribution >= 0.6 is 0 Å². The molecule has 32 heavy (non-hydrogen) atoms. The number of nitrogens with one attached hydrogen (secondary N) is 1. The van der Waals surface area contributed by atoms with Gasteiger partial charge in [0.1, 0.15) is 11.6 Å². The maximum atomic E-state index is 12.6. The lowest BCUT2D eigenvalue weighted by Crippen LogP contribution is -2.25. The molecule has 168 valence electrons. The highest BCUT2D eigenvalue weighted by Gasteiger charge is 2.16. The van der Waals surface area contributed by atoms with Gasteiger partial charge in [0.2, 0.25) is 0 Å². The summed E-state index contributed by atoms with van der Waals surface area (Å²) in [6.45, 7) is 2.52. The largest absolute Gasteiger partial charge is 0.493 e. The van der Waals surface area contributed by atoms with Crippen LogP contribution in [-0.2, 0) is 4.79 Å². The summed E-state index contributed by atoms with van der Waals surface area (Å²) < 4.78 is 21.2. The first-order valence-electron chi connectivity index (χ1n) is 9.99. The molecule has 0 aromatic heterocycles. The average molecular weight is 438 g/mol. The number of nitrogens with zero attached hydrogens (tertiary/aromatic N) is 1. The van der Waals surface area contributed by atoms with Crippen molar-refractivity contribution in [3.8, 4) is 29.1 Å². The number of hydrogen-bond donors (Lipinski definition) is 1. The fourth-order valence-electron chi connectivity index (χ4n) is 2.77. The number of carbonyl (C=O) groups excluding carboxylic acids is 2. The highest BCUT2D eigenvalue weighted by Crippen LogP contribution is 2.31. The molecule has 8 nitrogen and oxygen atoms in total. The summed E-state index contributed by atoms with van der Waals surface area (Å²) in [5.74, 6) is 0.302. The molecule has 2 aromatic rings. The maximum absolute atomic E-state index is 12.6. The predicted octanol–water partition coefficient (Wildman–Crippen LogP) is 3.75. The van der Waals surface area contributed by atoms with Crippen molar-refractivity contribution in [3.63, 3.8) is 0 Å². The molecule has 0 bridgehead atoms. The summed E-state index contributed by atoms with van der Waals surface area (Å²) in [5.41, 5.74) is 0.789. The van der Waals surface area contributed by atoms with E-state index < -0.39 is 11.9 Å². The SMILES string of the molecule is CCCCNC(=O)/C(C#N)=C\c1ccc(OC(=O)c2ccc(OC)c(OC)c2)c(OC)c1. The number of esters is 1. The van der Waals surface area contributed by atoms with Gasteiger partial charge >= 0.3 is 5.97 Å². The van der Waals surface area contributed by atoms with Crippen LogP contribution in [0.5, 0.6) is 23.0 Å². The van der Waals surface area contributed by atoms with Crippen molar-refractivity contribution < 1.29 is 28.5 Å². The van der Waals surface area contributed by atoms with Crippen LogP contribution in [0.1, 0.15) is 35.7 Å². The smallest absolute Gasteiger partial charge is 0.343 e. The van der Waals surface area contributed by atoms with E-state index in [2.05, 4.69) is 5.32 Å². The molecule has 0 aliphatic rings. The van der Waals surface area contributed by atoms with Gasteiger partial charge in [0.05, 0.1) is 26.9 Å². The Balaban J connectivity index is 2.22. The van der Waals surface area contributed by atoms with Gasteiger partial charge in [-0.05, 0) is 48.4 Å². The number of rotatable bonds is 10. The second kappa shape index (κ2) is 12.0. The lowest BCUT2D eigenvalue weighted by molar-refractivity contribution is -0.117. The van der Waals surface area contributed by atoms with Crippen molar-refractivity contribution in [2.45, 2.75) is 19.8 Å². The van der Waals surface area contributed by atoms with Gasteiger partial charge in [0.25, 0.3) is 5.91 Å². The third-order valence-corrected chi connectivity index (χ3v) is 4.50. The second-order valence-corrected chi connectivity index (χ2v) is 6.65. The maximum Gasteiger partial charge on any atom is 0.343 e. The Morgan fingerprint density at radius 1 is 0.969 bits per heavy atom. The molecule has 0 radical (unpaired) electrons. The Morgan fingerprint density at radius 2 is 1.62 bits per heavy atom. The Hall–Kier alpha value is -3.99. The van der Waals surface area contributed by atoms with Gasteiger partial charge < -0.3 is 24.3 Å². The van der Waals surface area contributed by atoms with Crippen LogP contribution in [0.3, 0.4) is 0 Å². The number of unbranched alkanes of at least 4 members (excludes halogenated alkanes) is 1. The first kappa shape index (κ1) is 24.3. The minimum absolute atomic E-state index is 0.0294. The number of carbonyl (C=O) groups is 2. The fraction of sp³-hybridized carbons (Fsp3) is 0.292. The molecule has 0 aliphatic heterocycles. The van der Waals surface area contributed by atoms with E-state index in [4.69, 9.17) is 18.9 Å². The first-order valence-corrected chi connectivity index (χ1v) is 9.99. The zero-order valence-electron chi connectivity index (χ0n) is 18.6. The lowest BCUT2D eigenvalue weighted by Gasteiger charge is -2.12. The molecule has 8 heteroatoms. The zero-order valence-corrected chi connectivity index (χ0v) is 18.6. The van der Waals surface area contributed by atoms with Crippen molar-refractivity contribution in [2.24, 2.45) is 0 Å². The normalized spacial score (nSPS) is 10.7. The minimum Gasteiger partial charge on any atom is -0.493 e. The third-order valence-electron chi connectivity index (χ3n) is 4.50. The van der Waals surface area contributed by atoms with Crippen LogP contribution in [-0.4, -0.2) is 39.8 Å². The molecule has 0 spiro atoms. The highest BCUT2D eigenvalue weighted by atomic mass is 16.6. The molecule has 0 atom stereocenters. The Kier molecular flexibility index (Phi) is 9.11. The highest BCUT2D eigenvalue weighted by molar-refractivity contribution is 6.01. The number of hydrogen-bond acceptors (Lipinski definition) is 7. The summed E-state index contributed by atoms with van der Waals surface area (Å²) in [5, 5.41) is 12.0. The van der Waals surface area contributed by atoms with E-state index in [0.29, 0.717) is 23.6 Å². The number of amides is 1. The van der Waals surface area contributed by atoms with Gasteiger partial charge in [-0.1, -0.05) is 19.4 Å². The molecule has 0 saturated carbocycles. The molecule has 0 fully saturated rings. The predicted molar refractivity (Wildman–Crippen MR) is 119 cm³/mol. The number of methoxy groups -OCH3 is 3. The van der Waals surface area contributed by atoms with Crippen LogP contribution in [0.15, 0.2) is 42.0 Å². The minimum atomic E-state index is -0.611. The van der Waals surface area contributed by atoms with Crippen LogP contribution in [0.2, 0.25) is 0 Å². The molecule has 0 aliphatic carbocycles. The molecule has 2 rings (SSSR count). The monoisotopic (exact) mass is 438 g/mol. The Bertz CT molecular complexity index is 1040. The Labute approximate surface area is 187 Å². The molecular formula is C24H26N2O6. The van der Waals surface area contributed by atoms with E-state index >= 15 is 0 Å². The number of nitriles is 1. The van der Waals surface area contributed by atoms with E-state index in [9.17, 15) is 14.9 Å². The van der Waals surface area contributed by atoms with Crippen molar-refractivity contribution >= 4 is 18.0 Å². The molecule has 1 amide bonds. The Morgan fingerprint density at radius 3 is 2.25 bits per heavy atom. The summed E-state index contributed by atoms with van der Waals surface area (Å²) >= 11 is 0. The van der Waals surface area contributed by atoms with Crippen LogP contribution < -0.4 is 24.3 Å². The van der Waals surface area contributed by atoms with Gasteiger partial charge in [-0.3, -0.25) is 4.79 Å². The molecule has 0 unspecified atom stereocenters. The standard InChI is InChI=1S/C24H26N2O6/c1-5-6-11-26-23(27)18(15-25)12-16-7-9-20(21(13-16)30-3)32-24(28)17-8-10-19(29-2)22(14-17)31-4/h7-10,12-14H,5-6,11H2,1-4H3,(H,26,27)/b18-12-. The molecule has 0 heterocycles. The molecular weight excluding hydrogens is 412 g/mol. The average Bonchev–Trinajstić information content (AvgIpc) is 2.82. The summed E-state index contributed by atoms with van der Waals surface area (Å²) in [4.78, 5) is 24.7. The molecule has 0 saturated heterocycles. The van der Waals surface area contributed by atoms with E-state index in [1.54, 1.807) is 24.3 Å². The van der Waals surface area contributed by atoms with Crippen molar-refractivity contribution in [1.82, 2.24) is 5.32 Å². The number of ether oxygens (including phenoxy) is 4. The topological polar surface area (TPSA) is 107 Å². The molecule has 1 N–H and O–H groups in total. The van der Waals surface area contributed by atoms with Crippen molar-refractivity contribution in [3.05, 3.63) is 53.1 Å². The van der Waals surface area contributed by atoms with E-state index in [-0.39, 0.29) is 22.6 Å². The lowest BCUT2D eigenvalue weighted by atomic mass is 10.1. The van der Waals surface area contributed by atoms with E-state index in [0.717, 1.165) is 12.8 Å². The number of benzene rings is 2. The summed E-state index contributed by atoms with van der Waals surface area (Å²) in [7, 11) is 4.41. The van der Waals surface area contributed by atoms with Gasteiger partial charge in [-0.15, -0.1) is 0 Å². The van der Waals surface area contributed by atoms with Crippen molar-refractivity contribution in [2.75, 3.05) is 27.9 Å². The van der Waals surface area contributed by atoms with Crippen LogP contribution in [0.4, 0.5) is 0 Å². The van der Waals surface area contributed by atoms with Crippen LogP contribution in [0.25, 0.3) is 6.08 Å². The van der Waals surface area contributed by atoms with E-state index in [1.807, 2.05) is 13.0 Å². The summed E-state index contributed by atoms with van der Waals surface area (Å²) in [6, 6.07) is 11.3. The zero-order chi connectivity index (χ0) is 23.5. The van der Waals surface area contributed by atoms with Crippen LogP contribution in [0, 0.1) is 11.3 Å². The van der Waals surface area contributed by atoms with Gasteiger partial charge in [-0.2, -0.15) is 5.26 Å². The van der Waals surface area contributed by atoms with Gasteiger partial charge in [0.15, 0.2) is 23.0 Å². The van der Waals surface area contributed by atoms with Gasteiger partial charge in [0, 0.05) is 6.54 Å². The van der Waals surface area contributed by atoms with E-state index in [1.165, 1.54) is 39.5 Å². The fourth-order valence-corrected chi connectivity index (χ4v) is 2.77. The molecule has 2 aromatic carbocycles. The third kappa shape index (κ3) is 6.25. The first-order chi connectivity index (χ1) is 15.5. The van der Waals surface area contributed by atoms with Crippen molar-refractivity contribution in [1.29, 1.82) is 5.26 Å².